The van der Waals surface area contributed by atoms with E-state index in [0.717, 1.165) is 0 Å². The van der Waals surface area contributed by atoms with Gasteiger partial charge in [-0.3, -0.25) is 0 Å². The monoisotopic (exact) mass is 336 g/mol. The van der Waals surface area contributed by atoms with Gasteiger partial charge in [0.15, 0.2) is 0 Å². The molecule has 0 N–H and O–H groups in total. The van der Waals surface area contributed by atoms with E-state index >= 15 is 0 Å². The zero-order valence-corrected chi connectivity index (χ0v) is 13.9. The van der Waals surface area contributed by atoms with Crippen LogP contribution in [0.5, 0.6) is 0 Å². The molecule has 0 saturated carbocycles. The fourth-order valence-corrected chi connectivity index (χ4v) is 5.02. The van der Waals surface area contributed by atoms with Crippen molar-refractivity contribution < 1.29 is 19.5 Å². The van der Waals surface area contributed by atoms with Crippen molar-refractivity contribution >= 4 is 18.0 Å². The van der Waals surface area contributed by atoms with Crippen LogP contribution in [0.2, 0.25) is 0 Å². The molecule has 0 saturated heterocycles. The van der Waals surface area contributed by atoms with Crippen molar-refractivity contribution in [1.82, 2.24) is 0 Å². The Morgan fingerprint density at radius 3 is 2.00 bits per heavy atom. The summed E-state index contributed by atoms with van der Waals surface area (Å²) in [5.74, 6) is 2.48. The number of allylic oxidation sites excluding steroid dienone is 2. The second kappa shape index (κ2) is 8.07. The molecule has 0 radical (unpaired) electrons. The van der Waals surface area contributed by atoms with Crippen molar-refractivity contribution in [2.45, 2.75) is 27.7 Å². The summed E-state index contributed by atoms with van der Waals surface area (Å²) in [6, 6.07) is 11.0. The maximum Gasteiger partial charge on any atom is 0 e. The SMILES string of the molecule is CCP(=CC=C(C)C)(CC)c1ccccc1.[Ru]. The van der Waals surface area contributed by atoms with Crippen molar-refractivity contribution in [2.75, 3.05) is 12.3 Å². The molecule has 0 spiro atoms. The molecule has 0 aliphatic carbocycles. The fraction of sp³-hybridized carbons (Fsp3) is 0.400. The van der Waals surface area contributed by atoms with E-state index < -0.39 is 6.89 Å². The molecule has 0 aromatic heterocycles. The maximum atomic E-state index is 2.48. The molecule has 1 aromatic rings. The molecule has 1 rings (SSSR count). The van der Waals surface area contributed by atoms with E-state index in [1.807, 2.05) is 0 Å². The van der Waals surface area contributed by atoms with E-state index in [1.165, 1.54) is 23.2 Å². The first-order chi connectivity index (χ1) is 7.64. The molecule has 0 aliphatic rings. The molecule has 0 atom stereocenters. The van der Waals surface area contributed by atoms with Crippen LogP contribution in [0, 0.1) is 0 Å². The van der Waals surface area contributed by atoms with E-state index in [9.17, 15) is 0 Å². The summed E-state index contributed by atoms with van der Waals surface area (Å²) < 4.78 is 0. The second-order valence-corrected chi connectivity index (χ2v) is 8.54. The van der Waals surface area contributed by atoms with Gasteiger partial charge in [-0.1, -0.05) is 68.5 Å². The van der Waals surface area contributed by atoms with Gasteiger partial charge in [0.05, 0.1) is 0 Å². The van der Waals surface area contributed by atoms with Crippen molar-refractivity contribution in [1.29, 1.82) is 0 Å². The van der Waals surface area contributed by atoms with Gasteiger partial charge in [-0.05, 0) is 31.5 Å². The molecule has 1 aromatic carbocycles. The molecule has 0 fully saturated rings. The quantitative estimate of drug-likeness (QED) is 0.573. The first kappa shape index (κ1) is 16.9. The Labute approximate surface area is 119 Å². The molecular weight excluding hydrogens is 312 g/mol. The van der Waals surface area contributed by atoms with Crippen LogP contribution in [0.15, 0.2) is 42.0 Å². The average Bonchev–Trinajstić information content (AvgIpc) is 2.32. The molecule has 0 bridgehead atoms. The minimum atomic E-state index is -1.07. The number of benzene rings is 1. The summed E-state index contributed by atoms with van der Waals surface area (Å²) in [6.45, 7) is 7.91. The van der Waals surface area contributed by atoms with Crippen molar-refractivity contribution in [3.05, 3.63) is 42.0 Å². The average molecular weight is 335 g/mol. The van der Waals surface area contributed by atoms with Crippen LogP contribution in [0.1, 0.15) is 27.7 Å². The molecule has 0 nitrogen and oxygen atoms in total. The molecule has 0 heterocycles. The van der Waals surface area contributed by atoms with E-state index in [0.29, 0.717) is 0 Å². The largest absolute Gasteiger partial charge is 0.0779 e. The van der Waals surface area contributed by atoms with Gasteiger partial charge in [0.25, 0.3) is 0 Å². The Morgan fingerprint density at radius 1 is 1.06 bits per heavy atom. The molecule has 17 heavy (non-hydrogen) atoms. The summed E-state index contributed by atoms with van der Waals surface area (Å²) in [4.78, 5) is 0. The van der Waals surface area contributed by atoms with Gasteiger partial charge in [-0.2, -0.15) is 0 Å². The van der Waals surface area contributed by atoms with E-state index in [4.69, 9.17) is 0 Å². The van der Waals surface area contributed by atoms with Gasteiger partial charge in [0.2, 0.25) is 0 Å². The first-order valence-electron chi connectivity index (χ1n) is 6.06. The van der Waals surface area contributed by atoms with E-state index in [2.05, 4.69) is 69.9 Å². The third kappa shape index (κ3) is 4.57. The van der Waals surface area contributed by atoms with Gasteiger partial charge < -0.3 is 0 Å². The van der Waals surface area contributed by atoms with Crippen molar-refractivity contribution in [2.24, 2.45) is 0 Å². The van der Waals surface area contributed by atoms with Crippen LogP contribution in [0.3, 0.4) is 0 Å². The number of hydrogen-bond donors (Lipinski definition) is 0. The minimum Gasteiger partial charge on any atom is -0.0779 e. The van der Waals surface area contributed by atoms with Crippen LogP contribution in [-0.4, -0.2) is 18.1 Å². The molecular formula is C15H23PRu. The second-order valence-electron chi connectivity index (χ2n) is 4.40. The summed E-state index contributed by atoms with van der Waals surface area (Å²) in [6.07, 6.45) is 4.82. The molecule has 2 heteroatoms. The van der Waals surface area contributed by atoms with Gasteiger partial charge in [-0.15, -0.1) is 0 Å². The predicted molar refractivity (Wildman–Crippen MR) is 79.6 cm³/mol. The van der Waals surface area contributed by atoms with Crippen LogP contribution in [-0.2, 0) is 19.5 Å². The van der Waals surface area contributed by atoms with Crippen LogP contribution in [0.4, 0.5) is 0 Å². The molecule has 0 aliphatic heterocycles. The molecule has 0 amide bonds. The topological polar surface area (TPSA) is 0 Å². The third-order valence-corrected chi connectivity index (χ3v) is 7.40. The summed E-state index contributed by atoms with van der Waals surface area (Å²) in [5, 5.41) is 1.54. The fourth-order valence-electron chi connectivity index (χ4n) is 1.90. The summed E-state index contributed by atoms with van der Waals surface area (Å²) >= 11 is 0. The number of rotatable bonds is 4. The molecule has 96 valence electrons. The van der Waals surface area contributed by atoms with Crippen LogP contribution >= 0.6 is 6.89 Å². The van der Waals surface area contributed by atoms with Gasteiger partial charge in [0.1, 0.15) is 0 Å². The third-order valence-electron chi connectivity index (χ3n) is 3.09. The first-order valence-corrected chi connectivity index (χ1v) is 8.29. The summed E-state index contributed by atoms with van der Waals surface area (Å²) in [5.41, 5.74) is 1.39. The Kier molecular flexibility index (Phi) is 8.01. The van der Waals surface area contributed by atoms with E-state index in [-0.39, 0.29) is 19.5 Å². The Bertz CT molecular complexity index is 392. The van der Waals surface area contributed by atoms with Crippen molar-refractivity contribution in [3.63, 3.8) is 0 Å². The van der Waals surface area contributed by atoms with Gasteiger partial charge in [-0.25, -0.2) is 0 Å². The molecule has 0 unspecified atom stereocenters. The van der Waals surface area contributed by atoms with Gasteiger partial charge in [0, 0.05) is 19.5 Å². The maximum absolute atomic E-state index is 2.48. The normalized spacial score (nSPS) is 10.4. The Balaban J connectivity index is 0.00000256. The zero-order valence-electron chi connectivity index (χ0n) is 11.3. The smallest absolute Gasteiger partial charge is 0 e. The Morgan fingerprint density at radius 2 is 1.59 bits per heavy atom. The van der Waals surface area contributed by atoms with E-state index in [1.54, 1.807) is 0 Å². The van der Waals surface area contributed by atoms with Crippen LogP contribution < -0.4 is 5.30 Å². The van der Waals surface area contributed by atoms with Crippen LogP contribution in [0.25, 0.3) is 0 Å². The van der Waals surface area contributed by atoms with Crippen molar-refractivity contribution in [3.8, 4) is 0 Å². The number of hydrogen-bond acceptors (Lipinski definition) is 0. The standard InChI is InChI=1S/C15H23P.Ru/c1-5-16(6-2,13-12-14(3)4)15-10-8-7-9-11-15;/h7-13H,5-6H2,1-4H3;. The van der Waals surface area contributed by atoms with Gasteiger partial charge >= 0.3 is 0 Å². The predicted octanol–water partition coefficient (Wildman–Crippen LogP) is 4.14. The Hall–Kier alpha value is -0.117. The minimum absolute atomic E-state index is 0. The summed E-state index contributed by atoms with van der Waals surface area (Å²) in [7, 11) is 0. The zero-order chi connectivity index (χ0) is 12.0.